The number of rotatable bonds is 1. The molecule has 0 amide bonds. The van der Waals surface area contributed by atoms with E-state index in [0.29, 0.717) is 5.92 Å². The molecule has 3 aromatic rings. The molecule has 0 nitrogen and oxygen atoms in total. The fourth-order valence-electron chi connectivity index (χ4n) is 4.21. The van der Waals surface area contributed by atoms with Crippen LogP contribution in [0, 0.1) is 0 Å². The molecule has 0 atom stereocenters. The molecule has 0 fully saturated rings. The van der Waals surface area contributed by atoms with Crippen LogP contribution in [0.15, 0.2) is 60.7 Å². The van der Waals surface area contributed by atoms with Crippen LogP contribution >= 0.6 is 0 Å². The molecule has 0 unspecified atom stereocenters. The van der Waals surface area contributed by atoms with Gasteiger partial charge in [-0.15, -0.1) is 33.7 Å². The van der Waals surface area contributed by atoms with Gasteiger partial charge in [0.15, 0.2) is 0 Å². The largest absolute Gasteiger partial charge is 1.00 e. The van der Waals surface area contributed by atoms with Crippen LogP contribution in [-0.2, 0) is 35.1 Å². The third kappa shape index (κ3) is 6.37. The van der Waals surface area contributed by atoms with Gasteiger partial charge in [-0.1, -0.05) is 107 Å². The number of hydrogen-bond donors (Lipinski definition) is 0. The van der Waals surface area contributed by atoms with E-state index in [0.717, 1.165) is 0 Å². The van der Waals surface area contributed by atoms with Gasteiger partial charge in [0.25, 0.3) is 0 Å². The van der Waals surface area contributed by atoms with Gasteiger partial charge >= 0.3 is 41.3 Å². The summed E-state index contributed by atoms with van der Waals surface area (Å²) in [6.07, 6.45) is 9.00. The van der Waals surface area contributed by atoms with Crippen LogP contribution in [0.25, 0.3) is 21.5 Å². The molecule has 0 bridgehead atoms. The minimum absolute atomic E-state index is 0. The second-order valence-electron chi connectivity index (χ2n) is 10.7. The number of benzene rings is 2. The Balaban J connectivity index is 0.000000790. The zero-order chi connectivity index (χ0) is 22.3. The third-order valence-corrected chi connectivity index (χ3v) is 5.68. The van der Waals surface area contributed by atoms with Gasteiger partial charge in [0.2, 0.25) is 0 Å². The van der Waals surface area contributed by atoms with Crippen LogP contribution in [0.4, 0.5) is 0 Å². The SMILES string of the molecule is CC(C)(C)c1ccc2c(c1)[cH-]c1c(C3C=CC=C3)c(C(C)(C)C)ccc12.C[C](C)=[Zr+2].[Cl-].[Cl-]. The van der Waals surface area contributed by atoms with Crippen molar-refractivity contribution in [2.45, 2.75) is 72.1 Å². The van der Waals surface area contributed by atoms with Crippen LogP contribution in [0.1, 0.15) is 78.0 Å². The quantitative estimate of drug-likeness (QED) is 0.412. The molecule has 3 heteroatoms. The summed E-state index contributed by atoms with van der Waals surface area (Å²) in [6, 6.07) is 14.1. The molecular weight excluding hydrogens is 510 g/mol. The molecule has 0 spiro atoms. The van der Waals surface area contributed by atoms with E-state index in [1.165, 1.54) is 41.4 Å². The van der Waals surface area contributed by atoms with Gasteiger partial charge in [-0.2, -0.15) is 0 Å². The average molecular weight is 546 g/mol. The summed E-state index contributed by atoms with van der Waals surface area (Å²) in [7, 11) is 0. The maximum Gasteiger partial charge on any atom is -1.00 e. The van der Waals surface area contributed by atoms with Crippen molar-refractivity contribution >= 4 is 24.8 Å². The van der Waals surface area contributed by atoms with Crippen molar-refractivity contribution in [3.63, 3.8) is 0 Å². The molecule has 0 radical (unpaired) electrons. The third-order valence-electron chi connectivity index (χ3n) is 5.68. The topological polar surface area (TPSA) is 0 Å². The zero-order valence-corrected chi connectivity index (χ0v) is 24.6. The monoisotopic (exact) mass is 543 g/mol. The Bertz CT molecular complexity index is 1130. The van der Waals surface area contributed by atoms with Gasteiger partial charge in [-0.3, -0.25) is 0 Å². The molecule has 1 aliphatic carbocycles. The Labute approximate surface area is 222 Å². The first-order valence-electron chi connectivity index (χ1n) is 10.9. The molecule has 1 aliphatic rings. The van der Waals surface area contributed by atoms with Gasteiger partial charge in [-0.25, -0.2) is 0 Å². The summed E-state index contributed by atoms with van der Waals surface area (Å²) in [5, 5.41) is 5.54. The van der Waals surface area contributed by atoms with Crippen molar-refractivity contribution in [2.75, 3.05) is 0 Å². The predicted molar refractivity (Wildman–Crippen MR) is 132 cm³/mol. The molecule has 0 heterocycles. The smallest absolute Gasteiger partial charge is 1.00 e. The molecule has 0 N–H and O–H groups in total. The fraction of sp³-hybridized carbons (Fsp3) is 0.379. The Morgan fingerprint density at radius 3 is 1.84 bits per heavy atom. The molecule has 32 heavy (non-hydrogen) atoms. The van der Waals surface area contributed by atoms with E-state index < -0.39 is 0 Å². The van der Waals surface area contributed by atoms with E-state index in [2.05, 4.69) is 116 Å². The standard InChI is InChI=1S/C26H29.C3H6.2ClH.Zr/c1-25(2,3)19-11-12-20-18(15-19)16-22-21(20)13-14-23(26(4,5)6)24(22)17-9-7-8-10-17;1-3-2;;;/h7-17H,1-6H3;1-2H3;2*1H;/q-1;;;;+2/p-2. The second-order valence-corrected chi connectivity index (χ2v) is 13.2. The van der Waals surface area contributed by atoms with Gasteiger partial charge < -0.3 is 24.8 Å². The van der Waals surface area contributed by atoms with Crippen LogP contribution in [0.3, 0.4) is 0 Å². The first-order chi connectivity index (χ1) is 13.9. The van der Waals surface area contributed by atoms with Crippen LogP contribution in [-0.4, -0.2) is 3.21 Å². The molecule has 0 aliphatic heterocycles. The van der Waals surface area contributed by atoms with E-state index in [1.807, 2.05) is 0 Å². The van der Waals surface area contributed by atoms with Crippen molar-refractivity contribution in [3.05, 3.63) is 77.4 Å². The van der Waals surface area contributed by atoms with Gasteiger partial charge in [0.05, 0.1) is 0 Å². The normalized spacial score (nSPS) is 13.6. The summed E-state index contributed by atoms with van der Waals surface area (Å²) < 4.78 is 1.51. The van der Waals surface area contributed by atoms with Gasteiger partial charge in [0, 0.05) is 0 Å². The number of allylic oxidation sites excluding steroid dienone is 4. The molecule has 0 saturated heterocycles. The van der Waals surface area contributed by atoms with E-state index in [9.17, 15) is 0 Å². The Morgan fingerprint density at radius 2 is 1.34 bits per heavy atom. The maximum absolute atomic E-state index is 2.42. The Kier molecular flexibility index (Phi) is 10.1. The fourth-order valence-corrected chi connectivity index (χ4v) is 4.21. The summed E-state index contributed by atoms with van der Waals surface area (Å²) in [6.45, 7) is 18.1. The molecular formula is C29H35Cl2Zr-. The maximum atomic E-state index is 2.42. The average Bonchev–Trinajstić information content (AvgIpc) is 3.25. The van der Waals surface area contributed by atoms with Crippen LogP contribution < -0.4 is 24.8 Å². The van der Waals surface area contributed by atoms with Crippen molar-refractivity contribution in [3.8, 4) is 0 Å². The van der Waals surface area contributed by atoms with Crippen LogP contribution in [0.5, 0.6) is 0 Å². The molecule has 4 rings (SSSR count). The second kappa shape index (κ2) is 11.0. The molecule has 3 aromatic carbocycles. The van der Waals surface area contributed by atoms with Gasteiger partial charge in [-0.05, 0) is 16.7 Å². The van der Waals surface area contributed by atoms with Gasteiger partial charge in [0.1, 0.15) is 0 Å². The first-order valence-corrected chi connectivity index (χ1v) is 12.2. The Morgan fingerprint density at radius 1 is 0.812 bits per heavy atom. The summed E-state index contributed by atoms with van der Waals surface area (Å²) in [4.78, 5) is 0. The van der Waals surface area contributed by atoms with Crippen molar-refractivity contribution in [1.82, 2.24) is 0 Å². The summed E-state index contributed by atoms with van der Waals surface area (Å²) in [5.41, 5.74) is 4.64. The van der Waals surface area contributed by atoms with E-state index in [-0.39, 0.29) is 35.6 Å². The summed E-state index contributed by atoms with van der Waals surface area (Å²) in [5.74, 6) is 0.381. The Hall–Kier alpha value is -0.877. The van der Waals surface area contributed by atoms with Crippen molar-refractivity contribution in [1.29, 1.82) is 0 Å². The van der Waals surface area contributed by atoms with E-state index in [1.54, 1.807) is 24.2 Å². The minimum Gasteiger partial charge on any atom is -1.00 e. The number of halogens is 2. The minimum atomic E-state index is 0. The summed E-state index contributed by atoms with van der Waals surface area (Å²) >= 11 is 1.55. The first kappa shape index (κ1) is 29.2. The molecule has 0 saturated carbocycles. The zero-order valence-electron chi connectivity index (χ0n) is 20.6. The number of fused-ring (bicyclic) bond motifs is 3. The van der Waals surface area contributed by atoms with E-state index >= 15 is 0 Å². The van der Waals surface area contributed by atoms with Crippen molar-refractivity contribution in [2.24, 2.45) is 0 Å². The molecule has 170 valence electrons. The molecule has 0 aromatic heterocycles. The van der Waals surface area contributed by atoms with Crippen LogP contribution in [0.2, 0.25) is 0 Å². The van der Waals surface area contributed by atoms with Crippen molar-refractivity contribution < 1.29 is 49.0 Å². The van der Waals surface area contributed by atoms with E-state index in [4.69, 9.17) is 0 Å². The number of hydrogen-bond acceptors (Lipinski definition) is 0. The predicted octanol–water partition coefficient (Wildman–Crippen LogP) is 2.27.